The molecule has 0 radical (unpaired) electrons. The molecule has 70 valence electrons. The van der Waals surface area contributed by atoms with Crippen LogP contribution in [-0.2, 0) is 0 Å². The van der Waals surface area contributed by atoms with Crippen LogP contribution < -0.4 is 0 Å². The first-order chi connectivity index (χ1) is 5.57. The highest BCUT2D eigenvalue weighted by atomic mass is 14.6. The fourth-order valence-corrected chi connectivity index (χ4v) is 2.93. The molecule has 1 rings (SSSR count). The van der Waals surface area contributed by atoms with Crippen molar-refractivity contribution in [3.8, 4) is 0 Å². The van der Waals surface area contributed by atoms with Crippen LogP contribution in [0.4, 0.5) is 0 Å². The standard InChI is InChI=1S/C12H22/c1-6-8-10-11(9(3)4)12(10,5)7-2/h7,9-11H,2,6,8H2,1,3-5H3. The minimum atomic E-state index is 0.462. The van der Waals surface area contributed by atoms with Gasteiger partial charge in [-0.05, 0) is 29.6 Å². The third-order valence-corrected chi connectivity index (χ3v) is 3.60. The minimum Gasteiger partial charge on any atom is -0.103 e. The van der Waals surface area contributed by atoms with Gasteiger partial charge in [0.1, 0.15) is 0 Å². The van der Waals surface area contributed by atoms with Crippen LogP contribution in [0.2, 0.25) is 0 Å². The van der Waals surface area contributed by atoms with Gasteiger partial charge in [-0.25, -0.2) is 0 Å². The van der Waals surface area contributed by atoms with Crippen LogP contribution in [0.3, 0.4) is 0 Å². The summed E-state index contributed by atoms with van der Waals surface area (Å²) in [5, 5.41) is 0. The number of allylic oxidation sites excluding steroid dienone is 1. The van der Waals surface area contributed by atoms with E-state index in [-0.39, 0.29) is 0 Å². The normalized spacial score (nSPS) is 40.1. The lowest BCUT2D eigenvalue weighted by molar-refractivity contribution is 0.476. The van der Waals surface area contributed by atoms with Gasteiger partial charge in [-0.15, -0.1) is 6.58 Å². The maximum absolute atomic E-state index is 3.96. The highest BCUT2D eigenvalue weighted by Gasteiger charge is 2.58. The molecule has 0 nitrogen and oxygen atoms in total. The van der Waals surface area contributed by atoms with Crippen molar-refractivity contribution in [2.24, 2.45) is 23.2 Å². The molecule has 1 fully saturated rings. The third-order valence-electron chi connectivity index (χ3n) is 3.60. The zero-order valence-corrected chi connectivity index (χ0v) is 8.93. The van der Waals surface area contributed by atoms with E-state index < -0.39 is 0 Å². The quantitative estimate of drug-likeness (QED) is 0.556. The molecule has 0 saturated heterocycles. The van der Waals surface area contributed by atoms with Gasteiger partial charge < -0.3 is 0 Å². The Labute approximate surface area is 77.1 Å². The van der Waals surface area contributed by atoms with Crippen molar-refractivity contribution in [3.05, 3.63) is 12.7 Å². The van der Waals surface area contributed by atoms with E-state index >= 15 is 0 Å². The summed E-state index contributed by atoms with van der Waals surface area (Å²) in [7, 11) is 0. The van der Waals surface area contributed by atoms with E-state index in [2.05, 4.69) is 40.3 Å². The van der Waals surface area contributed by atoms with Crippen molar-refractivity contribution in [1.82, 2.24) is 0 Å². The molecule has 0 aromatic carbocycles. The summed E-state index contributed by atoms with van der Waals surface area (Å²) in [5.74, 6) is 2.64. The monoisotopic (exact) mass is 166 g/mol. The predicted molar refractivity (Wildman–Crippen MR) is 55.0 cm³/mol. The molecule has 1 aliphatic rings. The highest BCUT2D eigenvalue weighted by Crippen LogP contribution is 2.64. The van der Waals surface area contributed by atoms with Gasteiger partial charge in [0.25, 0.3) is 0 Å². The van der Waals surface area contributed by atoms with E-state index in [4.69, 9.17) is 0 Å². The summed E-state index contributed by atoms with van der Waals surface area (Å²) in [6.45, 7) is 13.3. The molecule has 0 bridgehead atoms. The van der Waals surface area contributed by atoms with E-state index in [1.54, 1.807) is 0 Å². The maximum Gasteiger partial charge on any atom is -0.00843 e. The first-order valence-electron chi connectivity index (χ1n) is 5.21. The SMILES string of the molecule is C=CC1(C)C(CCC)C1C(C)C. The van der Waals surface area contributed by atoms with Crippen LogP contribution in [0.15, 0.2) is 12.7 Å². The van der Waals surface area contributed by atoms with E-state index in [1.165, 1.54) is 12.8 Å². The third kappa shape index (κ3) is 1.32. The molecule has 12 heavy (non-hydrogen) atoms. The van der Waals surface area contributed by atoms with Crippen LogP contribution in [0.5, 0.6) is 0 Å². The molecule has 0 aliphatic heterocycles. The summed E-state index contributed by atoms with van der Waals surface area (Å²) < 4.78 is 0. The topological polar surface area (TPSA) is 0 Å². The summed E-state index contributed by atoms with van der Waals surface area (Å²) in [6, 6.07) is 0. The average molecular weight is 166 g/mol. The van der Waals surface area contributed by atoms with Gasteiger partial charge in [0.15, 0.2) is 0 Å². The molecular weight excluding hydrogens is 144 g/mol. The molecule has 0 heteroatoms. The van der Waals surface area contributed by atoms with Gasteiger partial charge in [-0.2, -0.15) is 0 Å². The maximum atomic E-state index is 3.96. The van der Waals surface area contributed by atoms with Crippen molar-refractivity contribution in [1.29, 1.82) is 0 Å². The molecular formula is C12H22. The zero-order valence-electron chi connectivity index (χ0n) is 8.93. The lowest BCUT2D eigenvalue weighted by atomic mass is 9.99. The van der Waals surface area contributed by atoms with Gasteiger partial charge in [0, 0.05) is 0 Å². The lowest BCUT2D eigenvalue weighted by Crippen LogP contribution is -1.98. The van der Waals surface area contributed by atoms with E-state index in [0.717, 1.165) is 17.8 Å². The van der Waals surface area contributed by atoms with Gasteiger partial charge in [-0.3, -0.25) is 0 Å². The Morgan fingerprint density at radius 2 is 2.08 bits per heavy atom. The average Bonchev–Trinajstić information content (AvgIpc) is 2.59. The second-order valence-corrected chi connectivity index (χ2v) is 4.74. The molecule has 1 saturated carbocycles. The van der Waals surface area contributed by atoms with Gasteiger partial charge in [-0.1, -0.05) is 40.2 Å². The molecule has 0 N–H and O–H groups in total. The summed E-state index contributed by atoms with van der Waals surface area (Å²) >= 11 is 0. The van der Waals surface area contributed by atoms with Crippen LogP contribution in [-0.4, -0.2) is 0 Å². The first-order valence-corrected chi connectivity index (χ1v) is 5.21. The van der Waals surface area contributed by atoms with Crippen LogP contribution in [0, 0.1) is 23.2 Å². The van der Waals surface area contributed by atoms with Crippen molar-refractivity contribution in [3.63, 3.8) is 0 Å². The summed E-state index contributed by atoms with van der Waals surface area (Å²) in [5.41, 5.74) is 0.462. The van der Waals surface area contributed by atoms with Crippen LogP contribution in [0.1, 0.15) is 40.5 Å². The van der Waals surface area contributed by atoms with Gasteiger partial charge in [0.2, 0.25) is 0 Å². The Balaban J connectivity index is 2.60. The molecule has 3 unspecified atom stereocenters. The van der Waals surface area contributed by atoms with Crippen LogP contribution in [0.25, 0.3) is 0 Å². The van der Waals surface area contributed by atoms with E-state index in [1.807, 2.05) is 0 Å². The Bertz CT molecular complexity index is 169. The Morgan fingerprint density at radius 1 is 1.50 bits per heavy atom. The van der Waals surface area contributed by atoms with Gasteiger partial charge >= 0.3 is 0 Å². The Hall–Kier alpha value is -0.260. The number of hydrogen-bond donors (Lipinski definition) is 0. The van der Waals surface area contributed by atoms with Crippen molar-refractivity contribution in [2.45, 2.75) is 40.5 Å². The van der Waals surface area contributed by atoms with E-state index in [9.17, 15) is 0 Å². The first kappa shape index (κ1) is 9.83. The van der Waals surface area contributed by atoms with Crippen molar-refractivity contribution < 1.29 is 0 Å². The predicted octanol–water partition coefficient (Wildman–Crippen LogP) is 3.88. The summed E-state index contributed by atoms with van der Waals surface area (Å²) in [6.07, 6.45) is 4.88. The number of rotatable bonds is 4. The molecule has 1 aliphatic carbocycles. The Kier molecular flexibility index (Phi) is 2.65. The summed E-state index contributed by atoms with van der Waals surface area (Å²) in [4.78, 5) is 0. The highest BCUT2D eigenvalue weighted by molar-refractivity contribution is 5.16. The fraction of sp³-hybridized carbons (Fsp3) is 0.833. The Morgan fingerprint density at radius 3 is 2.33 bits per heavy atom. The minimum absolute atomic E-state index is 0.462. The molecule has 0 heterocycles. The molecule has 0 amide bonds. The molecule has 0 spiro atoms. The zero-order chi connectivity index (χ0) is 9.35. The smallest absolute Gasteiger partial charge is 0.00843 e. The molecule has 0 aromatic heterocycles. The van der Waals surface area contributed by atoms with E-state index in [0.29, 0.717) is 5.41 Å². The largest absolute Gasteiger partial charge is 0.103 e. The fourth-order valence-electron chi connectivity index (χ4n) is 2.93. The van der Waals surface area contributed by atoms with Crippen molar-refractivity contribution >= 4 is 0 Å². The van der Waals surface area contributed by atoms with Gasteiger partial charge in [0.05, 0.1) is 0 Å². The second kappa shape index (κ2) is 3.24. The van der Waals surface area contributed by atoms with Crippen molar-refractivity contribution in [2.75, 3.05) is 0 Å². The number of hydrogen-bond acceptors (Lipinski definition) is 0. The van der Waals surface area contributed by atoms with Crippen LogP contribution >= 0.6 is 0 Å². The molecule has 0 aromatic rings. The molecule has 3 atom stereocenters. The lowest BCUT2D eigenvalue weighted by Gasteiger charge is -2.06. The second-order valence-electron chi connectivity index (χ2n) is 4.74.